The zero-order valence-electron chi connectivity index (χ0n) is 7.16. The van der Waals surface area contributed by atoms with Gasteiger partial charge in [0.15, 0.2) is 5.75 Å². The molecule has 0 saturated heterocycles. The number of rotatable bonds is 4. The number of nitrogens with one attached hydrogen (secondary N) is 1. The zero-order valence-corrected chi connectivity index (χ0v) is 7.98. The van der Waals surface area contributed by atoms with E-state index in [0.29, 0.717) is 0 Å². The molecule has 0 unspecified atom stereocenters. The lowest BCUT2D eigenvalue weighted by Gasteiger charge is -1.98. The summed E-state index contributed by atoms with van der Waals surface area (Å²) in [6.07, 6.45) is 1.74. The molecular formula is C7H12N2O2S. The molecule has 12 heavy (non-hydrogen) atoms. The van der Waals surface area contributed by atoms with E-state index in [2.05, 4.69) is 4.72 Å². The Kier molecular flexibility index (Phi) is 4.55. The molecule has 0 amide bonds. The topological polar surface area (TPSA) is 70.0 Å². The molecule has 0 atom stereocenters. The summed E-state index contributed by atoms with van der Waals surface area (Å²) in [6.45, 7) is 4.00. The quantitative estimate of drug-likeness (QED) is 0.649. The molecule has 0 spiro atoms. The summed E-state index contributed by atoms with van der Waals surface area (Å²) < 4.78 is 24.0. The second-order valence-corrected chi connectivity index (χ2v) is 4.35. The van der Waals surface area contributed by atoms with E-state index in [1.807, 2.05) is 13.8 Å². The highest BCUT2D eigenvalue weighted by molar-refractivity contribution is 7.89. The van der Waals surface area contributed by atoms with Crippen molar-refractivity contribution in [1.82, 2.24) is 4.72 Å². The van der Waals surface area contributed by atoms with Gasteiger partial charge in [0.25, 0.3) is 0 Å². The molecule has 0 heterocycles. The van der Waals surface area contributed by atoms with Crippen LogP contribution in [0, 0.1) is 11.3 Å². The number of nitriles is 1. The monoisotopic (exact) mass is 188 g/mol. The Labute approximate surface area is 72.9 Å². The second-order valence-electron chi connectivity index (χ2n) is 2.55. The first-order valence-electron chi connectivity index (χ1n) is 3.45. The number of nitrogens with zero attached hydrogens (tertiary/aromatic N) is 1. The maximum Gasteiger partial charge on any atom is 0.225 e. The van der Waals surface area contributed by atoms with Crippen LogP contribution in [-0.2, 0) is 10.0 Å². The van der Waals surface area contributed by atoms with Crippen LogP contribution in [0.4, 0.5) is 0 Å². The fourth-order valence-electron chi connectivity index (χ4n) is 0.509. The van der Waals surface area contributed by atoms with Gasteiger partial charge in [0.1, 0.15) is 0 Å². The SMILES string of the molecule is CC(C)=CCNS(=O)(=O)CC#N. The minimum atomic E-state index is -3.38. The van der Waals surface area contributed by atoms with Gasteiger partial charge in [-0.15, -0.1) is 0 Å². The van der Waals surface area contributed by atoms with Gasteiger partial charge < -0.3 is 0 Å². The van der Waals surface area contributed by atoms with Crippen molar-refractivity contribution in [3.05, 3.63) is 11.6 Å². The normalized spacial score (nSPS) is 10.4. The third-order valence-corrected chi connectivity index (χ3v) is 2.18. The van der Waals surface area contributed by atoms with Crippen molar-refractivity contribution in [1.29, 1.82) is 5.26 Å². The smallest absolute Gasteiger partial charge is 0.211 e. The molecule has 5 heteroatoms. The molecule has 0 aromatic carbocycles. The largest absolute Gasteiger partial charge is 0.225 e. The molecule has 0 radical (unpaired) electrons. The van der Waals surface area contributed by atoms with Crippen LogP contribution in [0.1, 0.15) is 13.8 Å². The Morgan fingerprint density at radius 2 is 2.17 bits per heavy atom. The Morgan fingerprint density at radius 1 is 1.58 bits per heavy atom. The highest BCUT2D eigenvalue weighted by Gasteiger charge is 2.05. The number of hydrogen-bond acceptors (Lipinski definition) is 3. The minimum Gasteiger partial charge on any atom is -0.211 e. The standard InChI is InChI=1S/C7H12N2O2S/c1-7(2)3-5-9-12(10,11)6-4-8/h3,9H,5-6H2,1-2H3. The molecule has 0 aromatic heterocycles. The van der Waals surface area contributed by atoms with E-state index < -0.39 is 15.8 Å². The maximum atomic E-state index is 10.8. The molecule has 0 aliphatic rings. The van der Waals surface area contributed by atoms with Crippen molar-refractivity contribution in [3.63, 3.8) is 0 Å². The Hall–Kier alpha value is -0.860. The van der Waals surface area contributed by atoms with Crippen molar-refractivity contribution >= 4 is 10.0 Å². The summed E-state index contributed by atoms with van der Waals surface area (Å²) in [5.41, 5.74) is 1.04. The van der Waals surface area contributed by atoms with Crippen LogP contribution in [-0.4, -0.2) is 20.7 Å². The van der Waals surface area contributed by atoms with Gasteiger partial charge in [0, 0.05) is 6.54 Å². The van der Waals surface area contributed by atoms with Gasteiger partial charge in [-0.05, 0) is 13.8 Å². The Morgan fingerprint density at radius 3 is 2.58 bits per heavy atom. The highest BCUT2D eigenvalue weighted by Crippen LogP contribution is 1.87. The summed E-state index contributed by atoms with van der Waals surface area (Å²) in [6, 6.07) is 1.57. The summed E-state index contributed by atoms with van der Waals surface area (Å²) in [5.74, 6) is -0.483. The molecule has 0 aromatic rings. The van der Waals surface area contributed by atoms with Gasteiger partial charge >= 0.3 is 0 Å². The van der Waals surface area contributed by atoms with Crippen LogP contribution < -0.4 is 4.72 Å². The van der Waals surface area contributed by atoms with Crippen molar-refractivity contribution in [2.24, 2.45) is 0 Å². The zero-order chi connectivity index (χ0) is 9.61. The van der Waals surface area contributed by atoms with Crippen LogP contribution in [0.5, 0.6) is 0 Å². The molecule has 0 saturated carbocycles. The van der Waals surface area contributed by atoms with Crippen LogP contribution in [0.25, 0.3) is 0 Å². The van der Waals surface area contributed by atoms with E-state index >= 15 is 0 Å². The summed E-state index contributed by atoms with van der Waals surface area (Å²) in [5, 5.41) is 8.13. The first-order chi connectivity index (χ1) is 5.48. The van der Waals surface area contributed by atoms with Crippen molar-refractivity contribution in [2.45, 2.75) is 13.8 Å². The van der Waals surface area contributed by atoms with E-state index in [1.54, 1.807) is 12.1 Å². The van der Waals surface area contributed by atoms with E-state index in [0.717, 1.165) is 5.57 Å². The lowest BCUT2D eigenvalue weighted by Crippen LogP contribution is -2.25. The van der Waals surface area contributed by atoms with Gasteiger partial charge in [-0.25, -0.2) is 13.1 Å². The summed E-state index contributed by atoms with van der Waals surface area (Å²) >= 11 is 0. The van der Waals surface area contributed by atoms with E-state index in [4.69, 9.17) is 5.26 Å². The molecule has 0 rings (SSSR count). The minimum absolute atomic E-state index is 0.256. The lowest BCUT2D eigenvalue weighted by molar-refractivity contribution is 0.589. The van der Waals surface area contributed by atoms with Crippen molar-refractivity contribution in [3.8, 4) is 6.07 Å². The average Bonchev–Trinajstić information content (AvgIpc) is 1.85. The second kappa shape index (κ2) is 4.91. The third-order valence-electron chi connectivity index (χ3n) is 1.07. The van der Waals surface area contributed by atoms with Gasteiger partial charge in [-0.2, -0.15) is 5.26 Å². The van der Waals surface area contributed by atoms with E-state index in [1.165, 1.54) is 0 Å². The first-order valence-corrected chi connectivity index (χ1v) is 5.11. The van der Waals surface area contributed by atoms with Crippen LogP contribution in [0.3, 0.4) is 0 Å². The predicted octanol–water partition coefficient (Wildman–Crippen LogP) is 0.396. The molecular weight excluding hydrogens is 176 g/mol. The predicted molar refractivity (Wildman–Crippen MR) is 46.8 cm³/mol. The molecule has 0 aliphatic carbocycles. The van der Waals surface area contributed by atoms with Gasteiger partial charge in [0.2, 0.25) is 10.0 Å². The van der Waals surface area contributed by atoms with Crippen LogP contribution in [0.15, 0.2) is 11.6 Å². The van der Waals surface area contributed by atoms with Gasteiger partial charge in [-0.3, -0.25) is 0 Å². The van der Waals surface area contributed by atoms with Crippen molar-refractivity contribution < 1.29 is 8.42 Å². The molecule has 0 fully saturated rings. The number of allylic oxidation sites excluding steroid dienone is 1. The van der Waals surface area contributed by atoms with Crippen LogP contribution >= 0.6 is 0 Å². The van der Waals surface area contributed by atoms with Gasteiger partial charge in [0.05, 0.1) is 6.07 Å². The molecule has 1 N–H and O–H groups in total. The average molecular weight is 188 g/mol. The first kappa shape index (κ1) is 11.1. The number of sulfonamides is 1. The summed E-state index contributed by atoms with van der Waals surface area (Å²) in [7, 11) is -3.38. The number of hydrogen-bond donors (Lipinski definition) is 1. The molecule has 0 aliphatic heterocycles. The lowest BCUT2D eigenvalue weighted by atomic mass is 10.3. The Balaban J connectivity index is 3.96. The van der Waals surface area contributed by atoms with Crippen LogP contribution in [0.2, 0.25) is 0 Å². The highest BCUT2D eigenvalue weighted by atomic mass is 32.2. The fraction of sp³-hybridized carbons (Fsp3) is 0.571. The van der Waals surface area contributed by atoms with E-state index in [-0.39, 0.29) is 6.54 Å². The van der Waals surface area contributed by atoms with Crippen molar-refractivity contribution in [2.75, 3.05) is 12.3 Å². The molecule has 0 bridgehead atoms. The maximum absolute atomic E-state index is 10.8. The molecule has 68 valence electrons. The fourth-order valence-corrected chi connectivity index (χ4v) is 1.12. The van der Waals surface area contributed by atoms with E-state index in [9.17, 15) is 8.42 Å². The van der Waals surface area contributed by atoms with Gasteiger partial charge in [-0.1, -0.05) is 11.6 Å². The molecule has 4 nitrogen and oxygen atoms in total. The third kappa shape index (κ3) is 5.89. The Bertz CT molecular complexity index is 294. The summed E-state index contributed by atoms with van der Waals surface area (Å²) in [4.78, 5) is 0.